The lowest BCUT2D eigenvalue weighted by Crippen LogP contribution is -2.39. The third-order valence-corrected chi connectivity index (χ3v) is 3.44. The minimum Gasteiger partial charge on any atom is -0.492 e. The van der Waals surface area contributed by atoms with Crippen molar-refractivity contribution < 1.29 is 27.4 Å². The second kappa shape index (κ2) is 9.65. The second-order valence-corrected chi connectivity index (χ2v) is 5.61. The van der Waals surface area contributed by atoms with E-state index in [0.717, 1.165) is 0 Å². The Morgan fingerprint density at radius 2 is 1.89 bits per heavy atom. The predicted molar refractivity (Wildman–Crippen MR) is 92.6 cm³/mol. The van der Waals surface area contributed by atoms with E-state index in [1.54, 1.807) is 13.1 Å². The van der Waals surface area contributed by atoms with E-state index in [0.29, 0.717) is 24.5 Å². The molecule has 1 N–H and O–H groups in total. The number of hydrogen-bond acceptors (Lipinski definition) is 4. The SMILES string of the molecule is CN(CCOc1ccccc1)C(=O)NCc1cccnc1OCC(F)(F)F. The van der Waals surface area contributed by atoms with Gasteiger partial charge in [-0.1, -0.05) is 24.3 Å². The molecule has 0 saturated heterocycles. The van der Waals surface area contributed by atoms with E-state index in [1.165, 1.54) is 17.2 Å². The Hall–Kier alpha value is -2.97. The first-order chi connectivity index (χ1) is 12.8. The highest BCUT2D eigenvalue weighted by Crippen LogP contribution is 2.19. The molecule has 1 heterocycles. The molecule has 0 unspecified atom stereocenters. The van der Waals surface area contributed by atoms with Gasteiger partial charge in [-0.2, -0.15) is 13.2 Å². The number of urea groups is 1. The average Bonchev–Trinajstić information content (AvgIpc) is 2.65. The van der Waals surface area contributed by atoms with Gasteiger partial charge in [0, 0.05) is 25.4 Å². The van der Waals surface area contributed by atoms with Crippen LogP contribution in [0.25, 0.3) is 0 Å². The molecule has 2 amide bonds. The van der Waals surface area contributed by atoms with E-state index in [-0.39, 0.29) is 12.4 Å². The van der Waals surface area contributed by atoms with E-state index in [4.69, 9.17) is 4.74 Å². The number of benzene rings is 1. The van der Waals surface area contributed by atoms with E-state index < -0.39 is 18.8 Å². The van der Waals surface area contributed by atoms with Gasteiger partial charge in [0.25, 0.3) is 0 Å². The fourth-order valence-electron chi connectivity index (χ4n) is 2.06. The fourth-order valence-corrected chi connectivity index (χ4v) is 2.06. The zero-order chi connectivity index (χ0) is 19.7. The number of amides is 2. The average molecular weight is 383 g/mol. The monoisotopic (exact) mass is 383 g/mol. The quantitative estimate of drug-likeness (QED) is 0.760. The molecule has 1 aromatic heterocycles. The maximum atomic E-state index is 12.3. The van der Waals surface area contributed by atoms with Crippen LogP contribution in [0.1, 0.15) is 5.56 Å². The van der Waals surface area contributed by atoms with E-state index in [2.05, 4.69) is 15.0 Å². The summed E-state index contributed by atoms with van der Waals surface area (Å²) >= 11 is 0. The van der Waals surface area contributed by atoms with E-state index >= 15 is 0 Å². The molecule has 0 aliphatic heterocycles. The summed E-state index contributed by atoms with van der Waals surface area (Å²) in [6, 6.07) is 11.9. The fraction of sp³-hybridized carbons (Fsp3) is 0.333. The number of hydrogen-bond donors (Lipinski definition) is 1. The number of alkyl halides is 3. The van der Waals surface area contributed by atoms with Crippen molar-refractivity contribution in [3.63, 3.8) is 0 Å². The van der Waals surface area contributed by atoms with Gasteiger partial charge < -0.3 is 19.7 Å². The molecule has 0 aliphatic carbocycles. The van der Waals surface area contributed by atoms with Gasteiger partial charge in [-0.15, -0.1) is 0 Å². The molecule has 0 aliphatic rings. The molecule has 9 heteroatoms. The third kappa shape index (κ3) is 7.43. The highest BCUT2D eigenvalue weighted by Gasteiger charge is 2.29. The predicted octanol–water partition coefficient (Wildman–Crippen LogP) is 3.24. The molecule has 0 fully saturated rings. The number of nitrogens with one attached hydrogen (secondary N) is 1. The smallest absolute Gasteiger partial charge is 0.422 e. The van der Waals surface area contributed by atoms with Crippen molar-refractivity contribution in [1.82, 2.24) is 15.2 Å². The first-order valence-electron chi connectivity index (χ1n) is 8.15. The number of carbonyl (C=O) groups excluding carboxylic acids is 1. The summed E-state index contributed by atoms with van der Waals surface area (Å²) in [7, 11) is 1.59. The first-order valence-corrected chi connectivity index (χ1v) is 8.15. The van der Waals surface area contributed by atoms with Crippen LogP contribution in [0, 0.1) is 0 Å². The Balaban J connectivity index is 1.79. The van der Waals surface area contributed by atoms with Crippen molar-refractivity contribution in [3.8, 4) is 11.6 Å². The zero-order valence-electron chi connectivity index (χ0n) is 14.7. The summed E-state index contributed by atoms with van der Waals surface area (Å²) in [6.45, 7) is -0.808. The number of carbonyl (C=O) groups is 1. The van der Waals surface area contributed by atoms with Crippen molar-refractivity contribution in [1.29, 1.82) is 0 Å². The number of halogens is 3. The van der Waals surface area contributed by atoms with Gasteiger partial charge in [0.2, 0.25) is 5.88 Å². The highest BCUT2D eigenvalue weighted by molar-refractivity contribution is 5.73. The molecular formula is C18H20F3N3O3. The number of pyridine rings is 1. The lowest BCUT2D eigenvalue weighted by atomic mass is 10.2. The normalized spacial score (nSPS) is 11.0. The largest absolute Gasteiger partial charge is 0.492 e. The van der Waals surface area contributed by atoms with Crippen LogP contribution in [0.2, 0.25) is 0 Å². The Labute approximate surface area is 154 Å². The molecule has 27 heavy (non-hydrogen) atoms. The summed E-state index contributed by atoms with van der Waals surface area (Å²) < 4.78 is 47.1. The van der Waals surface area contributed by atoms with Gasteiger partial charge in [0.1, 0.15) is 12.4 Å². The topological polar surface area (TPSA) is 63.7 Å². The molecular weight excluding hydrogens is 363 g/mol. The summed E-state index contributed by atoms with van der Waals surface area (Å²) in [6.07, 6.45) is -3.14. The molecule has 0 radical (unpaired) electrons. The van der Waals surface area contributed by atoms with E-state index in [1.807, 2.05) is 30.3 Å². The Kier molecular flexibility index (Phi) is 7.27. The van der Waals surface area contributed by atoms with Gasteiger partial charge in [-0.05, 0) is 18.2 Å². The Bertz CT molecular complexity index is 727. The summed E-state index contributed by atoms with van der Waals surface area (Å²) in [5.41, 5.74) is 0.351. The van der Waals surface area contributed by atoms with Crippen LogP contribution in [0.3, 0.4) is 0 Å². The maximum Gasteiger partial charge on any atom is 0.422 e. The number of para-hydroxylation sites is 1. The van der Waals surface area contributed by atoms with Gasteiger partial charge in [-0.25, -0.2) is 9.78 Å². The van der Waals surface area contributed by atoms with Crippen molar-refractivity contribution in [3.05, 3.63) is 54.2 Å². The van der Waals surface area contributed by atoms with Crippen molar-refractivity contribution in [2.45, 2.75) is 12.7 Å². The van der Waals surface area contributed by atoms with Crippen LogP contribution < -0.4 is 14.8 Å². The zero-order valence-corrected chi connectivity index (χ0v) is 14.7. The standard InChI is InChI=1S/C18H20F3N3O3/c1-24(10-11-26-15-7-3-2-4-8-15)17(25)23-12-14-6-5-9-22-16(14)27-13-18(19,20)21/h2-9H,10-13H2,1H3,(H,23,25). The molecule has 1 aromatic carbocycles. The lowest BCUT2D eigenvalue weighted by Gasteiger charge is -2.19. The third-order valence-electron chi connectivity index (χ3n) is 3.44. The van der Waals surface area contributed by atoms with Crippen molar-refractivity contribution in [2.75, 3.05) is 26.8 Å². The van der Waals surface area contributed by atoms with Gasteiger partial charge in [-0.3, -0.25) is 0 Å². The number of nitrogens with zero attached hydrogens (tertiary/aromatic N) is 2. The molecule has 146 valence electrons. The van der Waals surface area contributed by atoms with Crippen LogP contribution in [-0.2, 0) is 6.54 Å². The number of aromatic nitrogens is 1. The van der Waals surface area contributed by atoms with Crippen LogP contribution >= 0.6 is 0 Å². The highest BCUT2D eigenvalue weighted by atomic mass is 19.4. The summed E-state index contributed by atoms with van der Waals surface area (Å²) in [5, 5.41) is 2.62. The second-order valence-electron chi connectivity index (χ2n) is 5.61. The van der Waals surface area contributed by atoms with Crippen molar-refractivity contribution >= 4 is 6.03 Å². The Morgan fingerprint density at radius 1 is 1.15 bits per heavy atom. The molecule has 0 saturated carbocycles. The van der Waals surface area contributed by atoms with Crippen LogP contribution in [-0.4, -0.2) is 48.9 Å². The molecule has 0 atom stereocenters. The molecule has 2 aromatic rings. The van der Waals surface area contributed by atoms with E-state index in [9.17, 15) is 18.0 Å². The molecule has 0 spiro atoms. The molecule has 0 bridgehead atoms. The van der Waals surface area contributed by atoms with Gasteiger partial charge in [0.15, 0.2) is 6.61 Å². The number of ether oxygens (including phenoxy) is 2. The number of rotatable bonds is 8. The Morgan fingerprint density at radius 3 is 2.59 bits per heavy atom. The maximum absolute atomic E-state index is 12.3. The van der Waals surface area contributed by atoms with Crippen molar-refractivity contribution in [2.24, 2.45) is 0 Å². The first kappa shape index (κ1) is 20.3. The minimum absolute atomic E-state index is 0.0102. The van der Waals surface area contributed by atoms with Crippen LogP contribution in [0.4, 0.5) is 18.0 Å². The minimum atomic E-state index is -4.46. The molecule has 2 rings (SSSR count). The summed E-state index contributed by atoms with van der Waals surface area (Å²) in [5.74, 6) is 0.540. The van der Waals surface area contributed by atoms with Crippen LogP contribution in [0.5, 0.6) is 11.6 Å². The molecule has 6 nitrogen and oxygen atoms in total. The summed E-state index contributed by atoms with van der Waals surface area (Å²) in [4.78, 5) is 17.3. The van der Waals surface area contributed by atoms with Gasteiger partial charge in [0.05, 0.1) is 6.54 Å². The van der Waals surface area contributed by atoms with Gasteiger partial charge >= 0.3 is 12.2 Å². The lowest BCUT2D eigenvalue weighted by molar-refractivity contribution is -0.154. The van der Waals surface area contributed by atoms with Crippen LogP contribution in [0.15, 0.2) is 48.7 Å². The number of likely N-dealkylation sites (N-methyl/N-ethyl adjacent to an activating group) is 1.